The van der Waals surface area contributed by atoms with Gasteiger partial charge in [0.05, 0.1) is 24.8 Å². The van der Waals surface area contributed by atoms with Gasteiger partial charge in [-0.15, -0.1) is 0 Å². The molecule has 3 aliphatic heterocycles. The third-order valence-electron chi connectivity index (χ3n) is 8.31. The van der Waals surface area contributed by atoms with Crippen molar-refractivity contribution >= 4 is 21.9 Å². The van der Waals surface area contributed by atoms with Crippen molar-refractivity contribution in [2.45, 2.75) is 57.5 Å². The SMILES string of the molecule is CC1(OC(=O)N2CCC(COc3cnc(N4CCN(S(=O)(=O)CCN5CCCCC5)CC4)cn3)CC2)CC1. The molecule has 12 heteroatoms. The summed E-state index contributed by atoms with van der Waals surface area (Å²) in [6.07, 6.45) is 10.4. The van der Waals surface area contributed by atoms with Gasteiger partial charge in [0.2, 0.25) is 15.9 Å². The van der Waals surface area contributed by atoms with Crippen LogP contribution in [0.5, 0.6) is 5.88 Å². The molecule has 0 N–H and O–H groups in total. The molecule has 4 heterocycles. The van der Waals surface area contributed by atoms with Crippen LogP contribution in [0.2, 0.25) is 0 Å². The van der Waals surface area contributed by atoms with Crippen molar-refractivity contribution in [1.29, 1.82) is 0 Å². The highest BCUT2D eigenvalue weighted by Gasteiger charge is 2.43. The highest BCUT2D eigenvalue weighted by Crippen LogP contribution is 2.39. The van der Waals surface area contributed by atoms with Crippen LogP contribution in [0.25, 0.3) is 0 Å². The Balaban J connectivity index is 1.01. The molecule has 5 rings (SSSR count). The lowest BCUT2D eigenvalue weighted by molar-refractivity contribution is 0.0454. The van der Waals surface area contributed by atoms with Crippen LogP contribution in [0, 0.1) is 5.92 Å². The minimum absolute atomic E-state index is 0.193. The number of aromatic nitrogens is 2. The molecule has 1 saturated carbocycles. The highest BCUT2D eigenvalue weighted by molar-refractivity contribution is 7.89. The molecule has 11 nitrogen and oxygen atoms in total. The number of amides is 1. The Hall–Kier alpha value is -2.18. The third-order valence-corrected chi connectivity index (χ3v) is 10.2. The van der Waals surface area contributed by atoms with Gasteiger partial charge >= 0.3 is 6.09 Å². The summed E-state index contributed by atoms with van der Waals surface area (Å²) in [5, 5.41) is 0. The number of rotatable bonds is 9. The fourth-order valence-electron chi connectivity index (χ4n) is 5.34. The van der Waals surface area contributed by atoms with Gasteiger partial charge in [-0.1, -0.05) is 6.42 Å². The van der Waals surface area contributed by atoms with Gasteiger partial charge in [0.15, 0.2) is 0 Å². The molecule has 1 aromatic rings. The smallest absolute Gasteiger partial charge is 0.410 e. The molecule has 1 amide bonds. The van der Waals surface area contributed by atoms with Crippen LogP contribution in [0.4, 0.5) is 10.6 Å². The van der Waals surface area contributed by atoms with Crippen molar-refractivity contribution in [2.75, 3.05) is 76.2 Å². The van der Waals surface area contributed by atoms with E-state index in [9.17, 15) is 13.2 Å². The molecule has 0 spiro atoms. The first kappa shape index (κ1) is 27.4. The normalized spacial score (nSPS) is 23.3. The molecule has 1 aromatic heterocycles. The maximum Gasteiger partial charge on any atom is 0.410 e. The van der Waals surface area contributed by atoms with Crippen molar-refractivity contribution < 1.29 is 22.7 Å². The zero-order valence-corrected chi connectivity index (χ0v) is 23.4. The number of hydrogen-bond acceptors (Lipinski definition) is 9. The minimum atomic E-state index is -3.25. The number of anilines is 1. The van der Waals surface area contributed by atoms with Crippen LogP contribution in [-0.4, -0.2) is 115 Å². The summed E-state index contributed by atoms with van der Waals surface area (Å²) in [6.45, 7) is 8.68. The van der Waals surface area contributed by atoms with E-state index in [2.05, 4.69) is 19.8 Å². The summed E-state index contributed by atoms with van der Waals surface area (Å²) in [6, 6.07) is 0. The Kier molecular flexibility index (Phi) is 8.59. The predicted molar refractivity (Wildman–Crippen MR) is 144 cm³/mol. The molecule has 3 saturated heterocycles. The lowest BCUT2D eigenvalue weighted by Crippen LogP contribution is -2.50. The quantitative estimate of drug-likeness (QED) is 0.457. The standard InChI is InChI=1S/C26H42N6O5S/c1-26(7-8-26)37-25(33)31-11-5-22(6-12-31)21-36-24-20-27-23(19-28-24)30-13-15-32(16-14-30)38(34,35)18-17-29-9-3-2-4-10-29/h19-20,22H,2-18,21H2,1H3. The van der Waals surface area contributed by atoms with Crippen LogP contribution in [-0.2, 0) is 14.8 Å². The molecule has 4 fully saturated rings. The van der Waals surface area contributed by atoms with Gasteiger partial charge in [0, 0.05) is 45.8 Å². The van der Waals surface area contributed by atoms with Crippen LogP contribution in [0.1, 0.15) is 51.9 Å². The fraction of sp³-hybridized carbons (Fsp3) is 0.808. The van der Waals surface area contributed by atoms with Crippen molar-refractivity contribution in [3.63, 3.8) is 0 Å². The average Bonchev–Trinajstić information content (AvgIpc) is 3.68. The number of likely N-dealkylation sites (tertiary alicyclic amines) is 2. The maximum absolute atomic E-state index is 12.8. The van der Waals surface area contributed by atoms with E-state index >= 15 is 0 Å². The van der Waals surface area contributed by atoms with Crippen LogP contribution >= 0.6 is 0 Å². The molecule has 0 atom stereocenters. The fourth-order valence-corrected chi connectivity index (χ4v) is 6.80. The van der Waals surface area contributed by atoms with Gasteiger partial charge < -0.3 is 24.2 Å². The van der Waals surface area contributed by atoms with Crippen LogP contribution in [0.3, 0.4) is 0 Å². The Bertz CT molecular complexity index is 1030. The molecule has 0 radical (unpaired) electrons. The Morgan fingerprint density at radius 3 is 2.32 bits per heavy atom. The second-order valence-corrected chi connectivity index (χ2v) is 13.5. The third kappa shape index (κ3) is 7.26. The summed E-state index contributed by atoms with van der Waals surface area (Å²) < 4.78 is 38.8. The second kappa shape index (κ2) is 11.9. The number of carbonyl (C=O) groups is 1. The predicted octanol–water partition coefficient (Wildman–Crippen LogP) is 2.19. The molecule has 38 heavy (non-hydrogen) atoms. The summed E-state index contributed by atoms with van der Waals surface area (Å²) >= 11 is 0. The molecule has 4 aliphatic rings. The molecular formula is C26H42N6O5S. The number of hydrogen-bond donors (Lipinski definition) is 0. The Labute approximate surface area is 226 Å². The second-order valence-electron chi connectivity index (χ2n) is 11.4. The molecule has 0 unspecified atom stereocenters. The topological polar surface area (TPSA) is 108 Å². The minimum Gasteiger partial charge on any atom is -0.476 e. The zero-order chi connectivity index (χ0) is 26.6. The highest BCUT2D eigenvalue weighted by atomic mass is 32.2. The van der Waals surface area contributed by atoms with Gasteiger partial charge in [-0.2, -0.15) is 4.31 Å². The first-order chi connectivity index (χ1) is 18.3. The van der Waals surface area contributed by atoms with Gasteiger partial charge in [0.1, 0.15) is 11.4 Å². The number of ether oxygens (including phenoxy) is 2. The van der Waals surface area contributed by atoms with Gasteiger partial charge in [-0.3, -0.25) is 0 Å². The number of piperazine rings is 1. The van der Waals surface area contributed by atoms with Crippen molar-refractivity contribution in [2.24, 2.45) is 5.92 Å². The summed E-state index contributed by atoms with van der Waals surface area (Å²) in [7, 11) is -3.25. The Morgan fingerprint density at radius 2 is 1.68 bits per heavy atom. The largest absolute Gasteiger partial charge is 0.476 e. The summed E-state index contributed by atoms with van der Waals surface area (Å²) in [4.78, 5) is 27.4. The molecular weight excluding hydrogens is 508 g/mol. The molecule has 212 valence electrons. The van der Waals surface area contributed by atoms with E-state index in [1.807, 2.05) is 6.92 Å². The maximum atomic E-state index is 12.8. The van der Waals surface area contributed by atoms with Gasteiger partial charge in [0.25, 0.3) is 0 Å². The molecule has 0 aromatic carbocycles. The number of piperidine rings is 2. The number of sulfonamides is 1. The van der Waals surface area contributed by atoms with Crippen molar-refractivity contribution in [3.05, 3.63) is 12.4 Å². The first-order valence-electron chi connectivity index (χ1n) is 14.2. The van der Waals surface area contributed by atoms with E-state index in [-0.39, 0.29) is 17.4 Å². The van der Waals surface area contributed by atoms with E-state index in [4.69, 9.17) is 9.47 Å². The van der Waals surface area contributed by atoms with E-state index < -0.39 is 10.0 Å². The Morgan fingerprint density at radius 1 is 0.974 bits per heavy atom. The average molecular weight is 551 g/mol. The molecule has 1 aliphatic carbocycles. The van der Waals surface area contributed by atoms with Gasteiger partial charge in [-0.25, -0.2) is 23.2 Å². The lowest BCUT2D eigenvalue weighted by atomic mass is 9.98. The van der Waals surface area contributed by atoms with Crippen LogP contribution in [0.15, 0.2) is 12.4 Å². The zero-order valence-electron chi connectivity index (χ0n) is 22.6. The van der Waals surface area contributed by atoms with E-state index in [1.54, 1.807) is 21.6 Å². The lowest BCUT2D eigenvalue weighted by Gasteiger charge is -2.35. The van der Waals surface area contributed by atoms with Gasteiger partial charge in [-0.05, 0) is 64.5 Å². The number of nitrogens with zero attached hydrogens (tertiary/aromatic N) is 6. The van der Waals surface area contributed by atoms with Crippen molar-refractivity contribution in [1.82, 2.24) is 24.1 Å². The first-order valence-corrected chi connectivity index (χ1v) is 15.8. The van der Waals surface area contributed by atoms with E-state index in [1.165, 1.54) is 19.3 Å². The summed E-state index contributed by atoms with van der Waals surface area (Å²) in [5.74, 6) is 1.78. The summed E-state index contributed by atoms with van der Waals surface area (Å²) in [5.41, 5.74) is -0.236. The van der Waals surface area contributed by atoms with E-state index in [0.29, 0.717) is 64.2 Å². The van der Waals surface area contributed by atoms with E-state index in [0.717, 1.165) is 44.6 Å². The monoisotopic (exact) mass is 550 g/mol. The number of carbonyl (C=O) groups excluding carboxylic acids is 1. The van der Waals surface area contributed by atoms with Crippen molar-refractivity contribution in [3.8, 4) is 5.88 Å². The van der Waals surface area contributed by atoms with Crippen LogP contribution < -0.4 is 9.64 Å². The molecule has 0 bridgehead atoms.